The van der Waals surface area contributed by atoms with Crippen LogP contribution in [-0.4, -0.2) is 47.2 Å². The Morgan fingerprint density at radius 3 is 2.29 bits per heavy atom. The number of ether oxygens (including phenoxy) is 1. The summed E-state index contributed by atoms with van der Waals surface area (Å²) in [5.41, 5.74) is -0.887. The lowest BCUT2D eigenvalue weighted by Gasteiger charge is -2.22. The van der Waals surface area contributed by atoms with Gasteiger partial charge in [-0.25, -0.2) is 9.59 Å². The molecule has 1 aromatic rings. The molecule has 4 N–H and O–H groups in total. The summed E-state index contributed by atoms with van der Waals surface area (Å²) in [5.74, 6) is -2.19. The van der Waals surface area contributed by atoms with E-state index in [1.54, 1.807) is 19.1 Å². The van der Waals surface area contributed by atoms with E-state index in [1.807, 2.05) is 20.8 Å². The lowest BCUT2D eigenvalue weighted by molar-refractivity contribution is -0.140. The third kappa shape index (κ3) is 5.07. The normalized spacial score (nSPS) is 20.3. The predicted molar refractivity (Wildman–Crippen MR) is 99.7 cm³/mol. The van der Waals surface area contributed by atoms with Crippen molar-refractivity contribution in [2.75, 3.05) is 6.61 Å². The number of carboxylic acid groups (broad SMARTS) is 1. The zero-order chi connectivity index (χ0) is 21.1. The van der Waals surface area contributed by atoms with Crippen LogP contribution in [0.3, 0.4) is 0 Å². The second kappa shape index (κ2) is 7.97. The first-order valence-corrected chi connectivity index (χ1v) is 8.84. The predicted octanol–water partition coefficient (Wildman–Crippen LogP) is 1.13. The van der Waals surface area contributed by atoms with Gasteiger partial charge in [0.2, 0.25) is 0 Å². The molecule has 1 aromatic carbocycles. The molecular formula is C19H25N3O6. The Labute approximate surface area is 162 Å². The van der Waals surface area contributed by atoms with Crippen LogP contribution in [0.2, 0.25) is 0 Å². The molecule has 1 aliphatic heterocycles. The molecule has 1 aliphatic rings. The van der Waals surface area contributed by atoms with Gasteiger partial charge in [0, 0.05) is 18.6 Å². The Bertz CT molecular complexity index is 784. The van der Waals surface area contributed by atoms with Gasteiger partial charge in [-0.15, -0.1) is 0 Å². The number of aliphatic carboxylic acids is 1. The fourth-order valence-corrected chi connectivity index (χ4v) is 2.68. The third-order valence-corrected chi connectivity index (χ3v) is 4.31. The van der Waals surface area contributed by atoms with Crippen molar-refractivity contribution >= 4 is 23.8 Å². The fraction of sp³-hybridized carbons (Fsp3) is 0.474. The molecule has 0 aromatic heterocycles. The van der Waals surface area contributed by atoms with Crippen molar-refractivity contribution in [1.82, 2.24) is 16.0 Å². The third-order valence-electron chi connectivity index (χ3n) is 4.31. The number of imide groups is 1. The van der Waals surface area contributed by atoms with E-state index in [0.29, 0.717) is 5.56 Å². The molecule has 0 spiro atoms. The maximum Gasteiger partial charge on any atom is 0.326 e. The molecular weight excluding hydrogens is 366 g/mol. The summed E-state index contributed by atoms with van der Waals surface area (Å²) in [4.78, 5) is 47.1. The highest BCUT2D eigenvalue weighted by atomic mass is 16.5. The smallest absolute Gasteiger partial charge is 0.326 e. The maximum absolute atomic E-state index is 12.4. The van der Waals surface area contributed by atoms with Gasteiger partial charge in [0.15, 0.2) is 0 Å². The van der Waals surface area contributed by atoms with Crippen molar-refractivity contribution in [3.8, 4) is 0 Å². The summed E-state index contributed by atoms with van der Waals surface area (Å²) in [6.45, 7) is 7.31. The number of hydrogen-bond donors (Lipinski definition) is 4. The molecule has 2 unspecified atom stereocenters. The number of nitrogens with one attached hydrogen (secondary N) is 3. The topological polar surface area (TPSA) is 134 Å². The Morgan fingerprint density at radius 1 is 1.21 bits per heavy atom. The zero-order valence-electron chi connectivity index (χ0n) is 16.3. The number of hydrogen-bond acceptors (Lipinski definition) is 5. The minimum Gasteiger partial charge on any atom is -0.480 e. The van der Waals surface area contributed by atoms with Gasteiger partial charge in [-0.05, 0) is 45.4 Å². The molecule has 0 bridgehead atoms. The molecule has 1 fully saturated rings. The summed E-state index contributed by atoms with van der Waals surface area (Å²) in [5, 5.41) is 16.5. The van der Waals surface area contributed by atoms with Gasteiger partial charge < -0.3 is 20.5 Å². The second-order valence-corrected chi connectivity index (χ2v) is 7.72. The summed E-state index contributed by atoms with van der Waals surface area (Å²) < 4.78 is 5.51. The molecule has 9 nitrogen and oxygen atoms in total. The van der Waals surface area contributed by atoms with E-state index >= 15 is 0 Å². The van der Waals surface area contributed by atoms with Crippen LogP contribution < -0.4 is 16.0 Å². The Kier molecular flexibility index (Phi) is 6.08. The molecule has 4 amide bonds. The minimum atomic E-state index is -1.22. The van der Waals surface area contributed by atoms with Gasteiger partial charge in [-0.3, -0.25) is 14.9 Å². The van der Waals surface area contributed by atoms with Crippen LogP contribution in [0, 0.1) is 0 Å². The van der Waals surface area contributed by atoms with Crippen molar-refractivity contribution in [3.05, 3.63) is 35.4 Å². The van der Waals surface area contributed by atoms with Crippen LogP contribution in [0.1, 0.15) is 50.0 Å². The van der Waals surface area contributed by atoms with Gasteiger partial charge in [-0.1, -0.05) is 12.1 Å². The first kappa shape index (κ1) is 21.4. The molecule has 2 rings (SSSR count). The second-order valence-electron chi connectivity index (χ2n) is 7.72. The van der Waals surface area contributed by atoms with Gasteiger partial charge in [0.1, 0.15) is 11.6 Å². The van der Waals surface area contributed by atoms with Crippen molar-refractivity contribution in [3.63, 3.8) is 0 Å². The van der Waals surface area contributed by atoms with Gasteiger partial charge in [-0.2, -0.15) is 0 Å². The highest BCUT2D eigenvalue weighted by Crippen LogP contribution is 2.24. The van der Waals surface area contributed by atoms with E-state index in [9.17, 15) is 24.3 Å². The average Bonchev–Trinajstić information content (AvgIpc) is 2.85. The summed E-state index contributed by atoms with van der Waals surface area (Å²) in [7, 11) is 0. The van der Waals surface area contributed by atoms with E-state index in [2.05, 4.69) is 16.0 Å². The number of urea groups is 1. The molecule has 9 heteroatoms. The number of rotatable bonds is 7. The molecule has 2 atom stereocenters. The monoisotopic (exact) mass is 391 g/mol. The summed E-state index contributed by atoms with van der Waals surface area (Å²) >= 11 is 0. The Morgan fingerprint density at radius 2 is 1.82 bits per heavy atom. The van der Waals surface area contributed by atoms with Gasteiger partial charge >= 0.3 is 12.0 Å². The van der Waals surface area contributed by atoms with Crippen LogP contribution in [0.25, 0.3) is 0 Å². The van der Waals surface area contributed by atoms with Crippen LogP contribution in [0.15, 0.2) is 24.3 Å². The first-order chi connectivity index (χ1) is 12.9. The number of carbonyl (C=O) groups excluding carboxylic acids is 3. The molecule has 0 aliphatic carbocycles. The van der Waals surface area contributed by atoms with Crippen molar-refractivity contribution in [1.29, 1.82) is 0 Å². The van der Waals surface area contributed by atoms with Crippen LogP contribution in [-0.2, 0) is 19.9 Å². The van der Waals surface area contributed by atoms with E-state index in [4.69, 9.17) is 4.74 Å². The number of benzene rings is 1. The number of carboxylic acids is 1. The van der Waals surface area contributed by atoms with Crippen LogP contribution in [0.4, 0.5) is 4.79 Å². The highest BCUT2D eigenvalue weighted by molar-refractivity contribution is 6.07. The summed E-state index contributed by atoms with van der Waals surface area (Å²) in [6.07, 6.45) is 0.126. The maximum atomic E-state index is 12.4. The van der Waals surface area contributed by atoms with E-state index < -0.39 is 41.0 Å². The molecule has 0 saturated carbocycles. The van der Waals surface area contributed by atoms with E-state index in [-0.39, 0.29) is 18.6 Å². The molecule has 1 heterocycles. The standard InChI is InChI=1S/C19H25N3O6/c1-18(2,3)28-10-9-13(15(24)25)20-14(23)11-5-7-12(8-6-11)19(4)16(26)21-17(27)22-19/h5-8,13H,9-10H2,1-4H3,(H,20,23)(H,24,25)(H2,21,22,26,27). The molecule has 28 heavy (non-hydrogen) atoms. The zero-order valence-corrected chi connectivity index (χ0v) is 16.3. The SMILES string of the molecule is CC(C)(C)OCCC(NC(=O)c1ccc(C2(C)NC(=O)NC2=O)cc1)C(=O)O. The summed E-state index contributed by atoms with van der Waals surface area (Å²) in [6, 6.07) is 4.34. The fourth-order valence-electron chi connectivity index (χ4n) is 2.68. The van der Waals surface area contributed by atoms with Gasteiger partial charge in [0.05, 0.1) is 5.60 Å². The average molecular weight is 391 g/mol. The molecule has 1 saturated heterocycles. The first-order valence-electron chi connectivity index (χ1n) is 8.84. The molecule has 0 radical (unpaired) electrons. The number of amides is 4. The van der Waals surface area contributed by atoms with Crippen molar-refractivity contribution in [2.45, 2.75) is 51.3 Å². The largest absolute Gasteiger partial charge is 0.480 e. The van der Waals surface area contributed by atoms with Crippen molar-refractivity contribution in [2.24, 2.45) is 0 Å². The van der Waals surface area contributed by atoms with Crippen LogP contribution in [0.5, 0.6) is 0 Å². The Hall–Kier alpha value is -2.94. The van der Waals surface area contributed by atoms with Crippen molar-refractivity contribution < 1.29 is 29.0 Å². The lowest BCUT2D eigenvalue weighted by Crippen LogP contribution is -2.42. The van der Waals surface area contributed by atoms with E-state index in [0.717, 1.165) is 0 Å². The molecule has 152 valence electrons. The highest BCUT2D eigenvalue weighted by Gasteiger charge is 2.43. The Balaban J connectivity index is 2.04. The van der Waals surface area contributed by atoms with Gasteiger partial charge in [0.25, 0.3) is 11.8 Å². The number of carbonyl (C=O) groups is 4. The van der Waals surface area contributed by atoms with E-state index in [1.165, 1.54) is 12.1 Å². The van der Waals surface area contributed by atoms with Crippen LogP contribution >= 0.6 is 0 Å². The lowest BCUT2D eigenvalue weighted by atomic mass is 9.91. The quantitative estimate of drug-likeness (QED) is 0.515. The minimum absolute atomic E-state index is 0.126.